The highest BCUT2D eigenvalue weighted by Gasteiger charge is 2.31. The van der Waals surface area contributed by atoms with E-state index in [-0.39, 0.29) is 29.2 Å². The molecule has 1 fully saturated rings. The van der Waals surface area contributed by atoms with Crippen LogP contribution in [-0.4, -0.2) is 47.2 Å². The number of hydrogen-bond acceptors (Lipinski definition) is 6. The molecule has 224 valence electrons. The van der Waals surface area contributed by atoms with Crippen molar-refractivity contribution in [2.45, 2.75) is 69.6 Å². The van der Waals surface area contributed by atoms with Crippen molar-refractivity contribution >= 4 is 23.6 Å². The minimum atomic E-state index is -0.302. The second-order valence-electron chi connectivity index (χ2n) is 10.4. The van der Waals surface area contributed by atoms with Crippen molar-refractivity contribution in [2.24, 2.45) is 0 Å². The molecule has 0 aromatic heterocycles. The minimum Gasteiger partial charge on any atom is -0.491 e. The van der Waals surface area contributed by atoms with Gasteiger partial charge in [-0.05, 0) is 61.1 Å². The number of nitrogens with zero attached hydrogens (tertiary/aromatic N) is 1. The van der Waals surface area contributed by atoms with Crippen LogP contribution in [0.4, 0.5) is 4.39 Å². The van der Waals surface area contributed by atoms with Crippen molar-refractivity contribution in [3.8, 4) is 5.75 Å². The first-order valence-electron chi connectivity index (χ1n) is 14.7. The molecular formula is C34H40FNO5S. The fraction of sp³-hybridized carbons (Fsp3) is 0.412. The van der Waals surface area contributed by atoms with Crippen molar-refractivity contribution in [2.75, 3.05) is 18.9 Å². The number of thioether (sulfide) groups is 1. The Hall–Kier alpha value is -3.36. The van der Waals surface area contributed by atoms with Gasteiger partial charge < -0.3 is 19.1 Å². The number of carbonyl (C=O) groups is 2. The van der Waals surface area contributed by atoms with Crippen LogP contribution < -0.4 is 4.74 Å². The van der Waals surface area contributed by atoms with E-state index in [0.29, 0.717) is 37.7 Å². The molecule has 4 rings (SSSR count). The molecule has 2 atom stereocenters. The van der Waals surface area contributed by atoms with E-state index in [0.717, 1.165) is 56.2 Å². The Labute approximate surface area is 252 Å². The smallest absolute Gasteiger partial charge is 0.306 e. The van der Waals surface area contributed by atoms with E-state index in [2.05, 4.69) is 0 Å². The van der Waals surface area contributed by atoms with Gasteiger partial charge in [0.15, 0.2) is 0 Å². The fourth-order valence-corrected chi connectivity index (χ4v) is 5.98. The third kappa shape index (κ3) is 11.1. The van der Waals surface area contributed by atoms with E-state index in [1.54, 1.807) is 23.9 Å². The molecule has 1 saturated heterocycles. The van der Waals surface area contributed by atoms with Crippen molar-refractivity contribution < 1.29 is 28.2 Å². The predicted octanol–water partition coefficient (Wildman–Crippen LogP) is 7.17. The minimum absolute atomic E-state index is 0.110. The van der Waals surface area contributed by atoms with Crippen LogP contribution in [0.15, 0.2) is 84.9 Å². The lowest BCUT2D eigenvalue weighted by molar-refractivity contribution is -0.145. The molecule has 1 amide bonds. The summed E-state index contributed by atoms with van der Waals surface area (Å²) in [6.07, 6.45) is 5.36. The summed E-state index contributed by atoms with van der Waals surface area (Å²) in [6, 6.07) is 25.7. The number of halogens is 1. The maximum absolute atomic E-state index is 13.3. The number of carbonyl (C=O) groups excluding carboxylic acids is 2. The van der Waals surface area contributed by atoms with Crippen LogP contribution in [-0.2, 0) is 32.3 Å². The van der Waals surface area contributed by atoms with Crippen molar-refractivity contribution in [3.05, 3.63) is 102 Å². The van der Waals surface area contributed by atoms with Gasteiger partial charge in [0.2, 0.25) is 5.91 Å². The third-order valence-corrected chi connectivity index (χ3v) is 8.44. The molecule has 0 bridgehead atoms. The first-order valence-corrected chi connectivity index (χ1v) is 15.8. The van der Waals surface area contributed by atoms with Gasteiger partial charge in [-0.25, -0.2) is 4.39 Å². The first-order chi connectivity index (χ1) is 20.6. The van der Waals surface area contributed by atoms with Gasteiger partial charge >= 0.3 is 5.97 Å². The number of benzene rings is 3. The zero-order chi connectivity index (χ0) is 29.4. The highest BCUT2D eigenvalue weighted by atomic mass is 32.2. The second kappa shape index (κ2) is 17.6. The number of unbranched alkanes of at least 4 members (excludes halogenated alkanes) is 3. The number of rotatable bonds is 18. The zero-order valence-electron chi connectivity index (χ0n) is 24.0. The lowest BCUT2D eigenvalue weighted by Gasteiger charge is -2.26. The van der Waals surface area contributed by atoms with Gasteiger partial charge in [0.05, 0.1) is 23.8 Å². The Bertz CT molecular complexity index is 1210. The Kier molecular flexibility index (Phi) is 13.2. The largest absolute Gasteiger partial charge is 0.491 e. The van der Waals surface area contributed by atoms with E-state index < -0.39 is 0 Å². The molecule has 1 heterocycles. The van der Waals surface area contributed by atoms with E-state index in [1.165, 1.54) is 12.1 Å². The predicted molar refractivity (Wildman–Crippen MR) is 163 cm³/mol. The molecule has 3 aromatic rings. The number of esters is 1. The summed E-state index contributed by atoms with van der Waals surface area (Å²) in [5, 5.41) is 0.110. The maximum Gasteiger partial charge on any atom is 0.306 e. The molecule has 0 N–H and O–H groups in total. The quantitative estimate of drug-likeness (QED) is 0.115. The second-order valence-corrected chi connectivity index (χ2v) is 11.6. The molecule has 0 aliphatic carbocycles. The average molecular weight is 594 g/mol. The Morgan fingerprint density at radius 3 is 2.26 bits per heavy atom. The van der Waals surface area contributed by atoms with Crippen LogP contribution >= 0.6 is 11.8 Å². The average Bonchev–Trinajstić information content (AvgIpc) is 3.37. The van der Waals surface area contributed by atoms with E-state index in [9.17, 15) is 14.0 Å². The summed E-state index contributed by atoms with van der Waals surface area (Å²) >= 11 is 1.68. The van der Waals surface area contributed by atoms with E-state index in [4.69, 9.17) is 14.2 Å². The molecule has 0 radical (unpaired) electrons. The van der Waals surface area contributed by atoms with Gasteiger partial charge in [-0.3, -0.25) is 9.59 Å². The molecule has 0 spiro atoms. The SMILES string of the molecule is O=C(CCCCCCN1C(=O)CSC1CCC(COc1ccc(F)cc1)OCc1ccccc1)OCc1ccccc1. The molecule has 0 saturated carbocycles. The molecule has 8 heteroatoms. The van der Waals surface area contributed by atoms with Crippen LogP contribution in [0.1, 0.15) is 56.1 Å². The molecule has 6 nitrogen and oxygen atoms in total. The number of ether oxygens (including phenoxy) is 3. The van der Waals surface area contributed by atoms with Crippen LogP contribution in [0.25, 0.3) is 0 Å². The van der Waals surface area contributed by atoms with Crippen molar-refractivity contribution in [3.63, 3.8) is 0 Å². The van der Waals surface area contributed by atoms with Gasteiger partial charge in [0, 0.05) is 13.0 Å². The van der Waals surface area contributed by atoms with E-state index in [1.807, 2.05) is 65.6 Å². The summed E-state index contributed by atoms with van der Waals surface area (Å²) in [5.74, 6) is 0.806. The van der Waals surface area contributed by atoms with Gasteiger partial charge in [-0.1, -0.05) is 73.5 Å². The molecular weight excluding hydrogens is 553 g/mol. The highest BCUT2D eigenvalue weighted by Crippen LogP contribution is 2.30. The van der Waals surface area contributed by atoms with Gasteiger partial charge in [-0.15, -0.1) is 11.8 Å². The van der Waals surface area contributed by atoms with E-state index >= 15 is 0 Å². The highest BCUT2D eigenvalue weighted by molar-refractivity contribution is 8.00. The molecule has 42 heavy (non-hydrogen) atoms. The first kappa shape index (κ1) is 31.6. The Morgan fingerprint density at radius 1 is 0.881 bits per heavy atom. The van der Waals surface area contributed by atoms with Crippen LogP contribution in [0.5, 0.6) is 5.75 Å². The molecule has 2 unspecified atom stereocenters. The Morgan fingerprint density at radius 2 is 1.55 bits per heavy atom. The topological polar surface area (TPSA) is 65.1 Å². The van der Waals surface area contributed by atoms with Gasteiger partial charge in [0.25, 0.3) is 0 Å². The maximum atomic E-state index is 13.3. The molecule has 3 aromatic carbocycles. The van der Waals surface area contributed by atoms with Crippen LogP contribution in [0.2, 0.25) is 0 Å². The number of hydrogen-bond donors (Lipinski definition) is 0. The Balaban J connectivity index is 1.17. The van der Waals surface area contributed by atoms with Gasteiger partial charge in [-0.2, -0.15) is 0 Å². The molecule has 1 aliphatic heterocycles. The summed E-state index contributed by atoms with van der Waals surface area (Å²) in [4.78, 5) is 26.7. The van der Waals surface area contributed by atoms with Crippen LogP contribution in [0, 0.1) is 5.82 Å². The summed E-state index contributed by atoms with van der Waals surface area (Å²) < 4.78 is 30.8. The lowest BCUT2D eigenvalue weighted by atomic mass is 10.1. The third-order valence-electron chi connectivity index (χ3n) is 7.15. The number of amides is 1. The lowest BCUT2D eigenvalue weighted by Crippen LogP contribution is -2.34. The normalized spacial score (nSPS) is 15.5. The van der Waals surface area contributed by atoms with Crippen molar-refractivity contribution in [1.82, 2.24) is 4.90 Å². The monoisotopic (exact) mass is 593 g/mol. The summed E-state index contributed by atoms with van der Waals surface area (Å²) in [6.45, 7) is 1.85. The summed E-state index contributed by atoms with van der Waals surface area (Å²) in [5.41, 5.74) is 2.07. The van der Waals surface area contributed by atoms with Crippen LogP contribution in [0.3, 0.4) is 0 Å². The standard InChI is InChI=1S/C34H40FNO5S/c35-29-16-18-30(19-17-29)40-25-31(39-23-27-11-5-3-6-12-27)20-21-33-36(32(37)26-42-33)22-10-2-1-9-15-34(38)41-24-28-13-7-4-8-14-28/h3-8,11-14,16-19,31,33H,1-2,9-10,15,20-26H2. The molecule has 1 aliphatic rings. The zero-order valence-corrected chi connectivity index (χ0v) is 24.8. The van der Waals surface area contributed by atoms with Gasteiger partial charge in [0.1, 0.15) is 24.8 Å². The van der Waals surface area contributed by atoms with Crippen molar-refractivity contribution in [1.29, 1.82) is 0 Å². The summed E-state index contributed by atoms with van der Waals surface area (Å²) in [7, 11) is 0. The fourth-order valence-electron chi connectivity index (χ4n) is 4.78.